The first-order valence-electron chi connectivity index (χ1n) is 7.66. The number of ether oxygens (including phenoxy) is 1. The minimum atomic E-state index is -3.96. The molecular formula is C17H17FN4O3S. The highest BCUT2D eigenvalue weighted by atomic mass is 32.2. The Labute approximate surface area is 150 Å². The predicted molar refractivity (Wildman–Crippen MR) is 93.4 cm³/mol. The first-order valence-corrected chi connectivity index (χ1v) is 9.14. The summed E-state index contributed by atoms with van der Waals surface area (Å²) >= 11 is 0. The topological polar surface area (TPSA) is 86.1 Å². The number of pyridine rings is 1. The lowest BCUT2D eigenvalue weighted by molar-refractivity contribution is 0.400. The van der Waals surface area contributed by atoms with Crippen molar-refractivity contribution < 1.29 is 17.5 Å². The van der Waals surface area contributed by atoms with Crippen molar-refractivity contribution in [3.63, 3.8) is 0 Å². The highest BCUT2D eigenvalue weighted by Gasteiger charge is 2.20. The molecule has 0 saturated carbocycles. The molecule has 3 aromatic rings. The number of sulfonamides is 1. The van der Waals surface area contributed by atoms with E-state index in [0.29, 0.717) is 5.56 Å². The van der Waals surface area contributed by atoms with Crippen molar-refractivity contribution in [1.82, 2.24) is 19.5 Å². The number of hydrogen-bond acceptors (Lipinski definition) is 5. The maximum Gasteiger partial charge on any atom is 0.244 e. The molecule has 1 aromatic carbocycles. The van der Waals surface area contributed by atoms with E-state index in [-0.39, 0.29) is 17.2 Å². The number of benzene rings is 1. The summed E-state index contributed by atoms with van der Waals surface area (Å²) in [6.07, 6.45) is 4.90. The molecule has 7 nitrogen and oxygen atoms in total. The molecule has 2 aromatic heterocycles. The van der Waals surface area contributed by atoms with Crippen LogP contribution in [-0.2, 0) is 23.6 Å². The number of nitrogens with zero attached hydrogens (tertiary/aromatic N) is 3. The smallest absolute Gasteiger partial charge is 0.244 e. The van der Waals surface area contributed by atoms with Gasteiger partial charge in [-0.3, -0.25) is 9.67 Å². The first-order chi connectivity index (χ1) is 12.4. The monoisotopic (exact) mass is 376 g/mol. The Morgan fingerprint density at radius 3 is 2.73 bits per heavy atom. The van der Waals surface area contributed by atoms with Gasteiger partial charge in [0.05, 0.1) is 12.8 Å². The van der Waals surface area contributed by atoms with Crippen LogP contribution < -0.4 is 9.46 Å². The summed E-state index contributed by atoms with van der Waals surface area (Å²) in [6, 6.07) is 6.98. The second kappa shape index (κ2) is 7.22. The van der Waals surface area contributed by atoms with Crippen molar-refractivity contribution in [3.05, 3.63) is 60.3 Å². The number of methoxy groups -OCH3 is 1. The van der Waals surface area contributed by atoms with E-state index in [0.717, 1.165) is 23.4 Å². The van der Waals surface area contributed by atoms with Gasteiger partial charge in [0.15, 0.2) is 0 Å². The number of rotatable bonds is 6. The molecule has 0 bridgehead atoms. The fourth-order valence-corrected chi connectivity index (χ4v) is 3.69. The molecule has 136 valence electrons. The molecule has 3 rings (SSSR count). The second-order valence-electron chi connectivity index (χ2n) is 5.54. The molecule has 0 aliphatic rings. The minimum Gasteiger partial charge on any atom is -0.495 e. The molecular weight excluding hydrogens is 359 g/mol. The summed E-state index contributed by atoms with van der Waals surface area (Å²) in [4.78, 5) is 3.89. The van der Waals surface area contributed by atoms with E-state index >= 15 is 0 Å². The van der Waals surface area contributed by atoms with Crippen LogP contribution in [0.25, 0.3) is 11.3 Å². The van der Waals surface area contributed by atoms with Gasteiger partial charge in [-0.25, -0.2) is 17.5 Å². The maximum atomic E-state index is 13.5. The summed E-state index contributed by atoms with van der Waals surface area (Å²) in [5, 5.41) is 4.10. The SMILES string of the molecule is COc1ccc(F)cc1S(=O)(=O)NCc1cncc(-c2ccnn2C)c1. The molecule has 0 amide bonds. The second-order valence-corrected chi connectivity index (χ2v) is 7.28. The van der Waals surface area contributed by atoms with Gasteiger partial charge in [-0.1, -0.05) is 0 Å². The number of hydrogen-bond donors (Lipinski definition) is 1. The molecule has 0 atom stereocenters. The Balaban J connectivity index is 1.83. The van der Waals surface area contributed by atoms with Gasteiger partial charge in [0.25, 0.3) is 0 Å². The van der Waals surface area contributed by atoms with Crippen molar-refractivity contribution in [3.8, 4) is 17.0 Å². The van der Waals surface area contributed by atoms with Gasteiger partial charge in [-0.2, -0.15) is 5.10 Å². The zero-order chi connectivity index (χ0) is 18.7. The lowest BCUT2D eigenvalue weighted by atomic mass is 10.1. The molecule has 2 heterocycles. The standard InChI is InChI=1S/C17H17FN4O3S/c1-22-15(5-6-20-22)13-7-12(9-19-11-13)10-21-26(23,24)17-8-14(18)3-4-16(17)25-2/h3-9,11,21H,10H2,1-2H3. The Morgan fingerprint density at radius 1 is 1.23 bits per heavy atom. The van der Waals surface area contributed by atoms with Gasteiger partial charge in [0, 0.05) is 37.7 Å². The molecule has 0 spiro atoms. The van der Waals surface area contributed by atoms with E-state index < -0.39 is 15.8 Å². The third-order valence-electron chi connectivity index (χ3n) is 3.79. The van der Waals surface area contributed by atoms with Crippen molar-refractivity contribution in [2.24, 2.45) is 7.05 Å². The van der Waals surface area contributed by atoms with E-state index in [1.165, 1.54) is 13.2 Å². The quantitative estimate of drug-likeness (QED) is 0.712. The molecule has 0 aliphatic carbocycles. The molecule has 1 N–H and O–H groups in total. The van der Waals surface area contributed by atoms with Crippen LogP contribution in [-0.4, -0.2) is 30.3 Å². The van der Waals surface area contributed by atoms with Crippen LogP contribution >= 0.6 is 0 Å². The van der Waals surface area contributed by atoms with E-state index in [2.05, 4.69) is 14.8 Å². The Morgan fingerprint density at radius 2 is 2.04 bits per heavy atom. The zero-order valence-electron chi connectivity index (χ0n) is 14.2. The fourth-order valence-electron chi connectivity index (χ4n) is 2.50. The average molecular weight is 376 g/mol. The lowest BCUT2D eigenvalue weighted by Crippen LogP contribution is -2.24. The van der Waals surface area contributed by atoms with Crippen LogP contribution in [0.3, 0.4) is 0 Å². The maximum absolute atomic E-state index is 13.5. The number of halogens is 1. The summed E-state index contributed by atoms with van der Waals surface area (Å²) in [5.41, 5.74) is 2.32. The van der Waals surface area contributed by atoms with Gasteiger partial charge < -0.3 is 4.74 Å². The Bertz CT molecular complexity index is 1030. The van der Waals surface area contributed by atoms with Crippen LogP contribution in [0.4, 0.5) is 4.39 Å². The van der Waals surface area contributed by atoms with E-state index in [1.54, 1.807) is 30.3 Å². The van der Waals surface area contributed by atoms with Crippen LogP contribution in [0.15, 0.2) is 53.8 Å². The number of aromatic nitrogens is 3. The average Bonchev–Trinajstić information content (AvgIpc) is 3.06. The summed E-state index contributed by atoms with van der Waals surface area (Å²) in [6.45, 7) is 0.000687. The Hall–Kier alpha value is -2.78. The normalized spacial score (nSPS) is 11.5. The number of nitrogens with one attached hydrogen (secondary N) is 1. The molecule has 0 aliphatic heterocycles. The van der Waals surface area contributed by atoms with Gasteiger partial charge in [0.1, 0.15) is 16.5 Å². The van der Waals surface area contributed by atoms with Crippen molar-refractivity contribution >= 4 is 10.0 Å². The molecule has 26 heavy (non-hydrogen) atoms. The highest BCUT2D eigenvalue weighted by Crippen LogP contribution is 2.24. The summed E-state index contributed by atoms with van der Waals surface area (Å²) in [7, 11) is -0.825. The Kier molecular flexibility index (Phi) is 5.01. The van der Waals surface area contributed by atoms with E-state index in [9.17, 15) is 12.8 Å². The molecule has 0 saturated heterocycles. The van der Waals surface area contributed by atoms with Crippen LogP contribution in [0.2, 0.25) is 0 Å². The van der Waals surface area contributed by atoms with Crippen molar-refractivity contribution in [2.45, 2.75) is 11.4 Å². The fraction of sp³-hybridized carbons (Fsp3) is 0.176. The van der Waals surface area contributed by atoms with Gasteiger partial charge in [-0.15, -0.1) is 0 Å². The van der Waals surface area contributed by atoms with Gasteiger partial charge in [-0.05, 0) is 35.9 Å². The lowest BCUT2D eigenvalue weighted by Gasteiger charge is -2.11. The highest BCUT2D eigenvalue weighted by molar-refractivity contribution is 7.89. The van der Waals surface area contributed by atoms with E-state index in [4.69, 9.17) is 4.74 Å². The molecule has 0 radical (unpaired) electrons. The molecule has 0 fully saturated rings. The third kappa shape index (κ3) is 3.73. The predicted octanol–water partition coefficient (Wildman–Crippen LogP) is 2.11. The molecule has 0 unspecified atom stereocenters. The molecule has 9 heteroatoms. The van der Waals surface area contributed by atoms with Crippen LogP contribution in [0.1, 0.15) is 5.56 Å². The largest absolute Gasteiger partial charge is 0.495 e. The van der Waals surface area contributed by atoms with Gasteiger partial charge >= 0.3 is 0 Å². The minimum absolute atomic E-state index is 0.000687. The van der Waals surface area contributed by atoms with Crippen LogP contribution in [0, 0.1) is 5.82 Å². The van der Waals surface area contributed by atoms with Crippen LogP contribution in [0.5, 0.6) is 5.75 Å². The third-order valence-corrected chi connectivity index (χ3v) is 5.22. The zero-order valence-corrected chi connectivity index (χ0v) is 15.0. The van der Waals surface area contributed by atoms with Crippen molar-refractivity contribution in [2.75, 3.05) is 7.11 Å². The van der Waals surface area contributed by atoms with Gasteiger partial charge in [0.2, 0.25) is 10.0 Å². The number of aryl methyl sites for hydroxylation is 1. The van der Waals surface area contributed by atoms with Crippen molar-refractivity contribution in [1.29, 1.82) is 0 Å². The summed E-state index contributed by atoms with van der Waals surface area (Å²) < 4.78 is 47.6. The first kappa shape index (κ1) is 18.0. The van der Waals surface area contributed by atoms with E-state index in [1.807, 2.05) is 12.1 Å². The summed E-state index contributed by atoms with van der Waals surface area (Å²) in [5.74, 6) is -0.591.